The Morgan fingerprint density at radius 2 is 1.47 bits per heavy atom. The van der Waals surface area contributed by atoms with Gasteiger partial charge in [0.1, 0.15) is 0 Å². The number of carbonyl (C=O) groups is 4. The molecule has 168 valence electrons. The van der Waals surface area contributed by atoms with Crippen LogP contribution in [-0.2, 0) is 19.1 Å². The van der Waals surface area contributed by atoms with E-state index in [-0.39, 0.29) is 16.8 Å². The Labute approximate surface area is 181 Å². The number of carboxylic acid groups (broad SMARTS) is 1. The monoisotopic (exact) mass is 445 g/mol. The number of rotatable bonds is 9. The van der Waals surface area contributed by atoms with Gasteiger partial charge in [-0.3, -0.25) is 19.7 Å². The molecule has 0 unspecified atom stereocenters. The van der Waals surface area contributed by atoms with E-state index in [1.165, 1.54) is 48.5 Å². The summed E-state index contributed by atoms with van der Waals surface area (Å²) < 4.78 is 9.28. The first-order chi connectivity index (χ1) is 15.2. The van der Waals surface area contributed by atoms with Crippen LogP contribution in [0.1, 0.15) is 20.7 Å². The highest BCUT2D eigenvalue weighted by molar-refractivity contribution is 6.05. The van der Waals surface area contributed by atoms with Crippen LogP contribution in [0.4, 0.5) is 11.4 Å². The average Bonchev–Trinajstić information content (AvgIpc) is 2.78. The number of methoxy groups -OCH3 is 2. The van der Waals surface area contributed by atoms with Crippen molar-refractivity contribution < 1.29 is 38.7 Å². The molecule has 32 heavy (non-hydrogen) atoms. The van der Waals surface area contributed by atoms with Gasteiger partial charge in [0.25, 0.3) is 17.5 Å². The third-order valence-corrected chi connectivity index (χ3v) is 4.29. The van der Waals surface area contributed by atoms with E-state index in [9.17, 15) is 34.4 Å². The molecule has 0 aromatic heterocycles. The standard InChI is InChI=1S/C20H19N3O9/c1-31-16(19(26)27)15(20(28)32-2)22-18(25)11-3-7-13(8-4-11)21-17(24)12-5-9-14(10-6-12)23(29)30/h3-10,15-16H,1-2H3,(H,21,24)(H,22,25)(H,26,27)/t15-,16-/m0/s1. The molecule has 0 heterocycles. The Kier molecular flexibility index (Phi) is 7.96. The SMILES string of the molecule is COC(=O)[C@@H](NC(=O)c1ccc(NC(=O)c2ccc([N+](=O)[O-])cc2)cc1)[C@H](OC)C(=O)O. The minimum atomic E-state index is -1.66. The maximum absolute atomic E-state index is 12.5. The van der Waals surface area contributed by atoms with Crippen LogP contribution in [0.15, 0.2) is 48.5 Å². The molecule has 0 saturated heterocycles. The highest BCUT2D eigenvalue weighted by Crippen LogP contribution is 2.15. The fraction of sp³-hybridized carbons (Fsp3) is 0.200. The summed E-state index contributed by atoms with van der Waals surface area (Å²) in [4.78, 5) is 58.0. The minimum absolute atomic E-state index is 0.0764. The van der Waals surface area contributed by atoms with Crippen molar-refractivity contribution in [3.05, 3.63) is 69.8 Å². The zero-order chi connectivity index (χ0) is 23.8. The molecule has 0 spiro atoms. The first-order valence-electron chi connectivity index (χ1n) is 8.98. The van der Waals surface area contributed by atoms with Gasteiger partial charge in [-0.1, -0.05) is 0 Å². The summed E-state index contributed by atoms with van der Waals surface area (Å²) in [5, 5.41) is 24.7. The summed E-state index contributed by atoms with van der Waals surface area (Å²) in [6.45, 7) is 0. The molecule has 0 aliphatic rings. The second-order valence-electron chi connectivity index (χ2n) is 6.30. The maximum Gasteiger partial charge on any atom is 0.335 e. The van der Waals surface area contributed by atoms with Gasteiger partial charge in [0.2, 0.25) is 0 Å². The van der Waals surface area contributed by atoms with Crippen molar-refractivity contribution in [2.45, 2.75) is 12.1 Å². The zero-order valence-corrected chi connectivity index (χ0v) is 16.9. The lowest BCUT2D eigenvalue weighted by Crippen LogP contribution is -2.53. The van der Waals surface area contributed by atoms with Crippen molar-refractivity contribution in [3.63, 3.8) is 0 Å². The van der Waals surface area contributed by atoms with Crippen LogP contribution < -0.4 is 10.6 Å². The number of carboxylic acids is 1. The van der Waals surface area contributed by atoms with Crippen molar-refractivity contribution in [2.24, 2.45) is 0 Å². The third kappa shape index (κ3) is 5.86. The number of anilines is 1. The van der Waals surface area contributed by atoms with Crippen LogP contribution >= 0.6 is 0 Å². The number of nitrogens with zero attached hydrogens (tertiary/aromatic N) is 1. The second kappa shape index (κ2) is 10.6. The molecule has 0 fully saturated rings. The largest absolute Gasteiger partial charge is 0.479 e. The Hall–Kier alpha value is -4.32. The number of ether oxygens (including phenoxy) is 2. The average molecular weight is 445 g/mol. The number of nitrogens with one attached hydrogen (secondary N) is 2. The topological polar surface area (TPSA) is 174 Å². The molecule has 0 bridgehead atoms. The number of benzene rings is 2. The van der Waals surface area contributed by atoms with Gasteiger partial charge in [-0.15, -0.1) is 0 Å². The van der Waals surface area contributed by atoms with E-state index >= 15 is 0 Å². The summed E-state index contributed by atoms with van der Waals surface area (Å²) >= 11 is 0. The first kappa shape index (κ1) is 24.0. The molecule has 2 aromatic carbocycles. The second-order valence-corrected chi connectivity index (χ2v) is 6.30. The van der Waals surface area contributed by atoms with E-state index in [1.54, 1.807) is 0 Å². The van der Waals surface area contributed by atoms with Crippen LogP contribution in [0.25, 0.3) is 0 Å². The lowest BCUT2D eigenvalue weighted by atomic mass is 10.1. The minimum Gasteiger partial charge on any atom is -0.479 e. The van der Waals surface area contributed by atoms with Crippen molar-refractivity contribution in [1.82, 2.24) is 5.32 Å². The lowest BCUT2D eigenvalue weighted by Gasteiger charge is -2.21. The smallest absolute Gasteiger partial charge is 0.335 e. The fourth-order valence-corrected chi connectivity index (χ4v) is 2.63. The van der Waals surface area contributed by atoms with E-state index in [2.05, 4.69) is 15.4 Å². The normalized spacial score (nSPS) is 12.2. The summed E-state index contributed by atoms with van der Waals surface area (Å²) in [7, 11) is 2.11. The van der Waals surface area contributed by atoms with Crippen LogP contribution in [-0.4, -0.2) is 60.1 Å². The number of carbonyl (C=O) groups excluding carboxylic acids is 3. The molecule has 0 radical (unpaired) electrons. The van der Waals surface area contributed by atoms with Gasteiger partial charge in [-0.05, 0) is 36.4 Å². The van der Waals surface area contributed by atoms with Gasteiger partial charge in [0.05, 0.1) is 12.0 Å². The molecule has 2 atom stereocenters. The Morgan fingerprint density at radius 3 is 1.94 bits per heavy atom. The van der Waals surface area contributed by atoms with Gasteiger partial charge in [0, 0.05) is 36.1 Å². The Morgan fingerprint density at radius 1 is 0.938 bits per heavy atom. The zero-order valence-electron chi connectivity index (χ0n) is 16.9. The van der Waals surface area contributed by atoms with Crippen LogP contribution in [0.3, 0.4) is 0 Å². The van der Waals surface area contributed by atoms with Crippen molar-refractivity contribution in [2.75, 3.05) is 19.5 Å². The van der Waals surface area contributed by atoms with Gasteiger partial charge < -0.3 is 25.2 Å². The number of esters is 1. The Balaban J connectivity index is 2.09. The summed E-state index contributed by atoms with van der Waals surface area (Å²) in [5.41, 5.74) is 0.445. The number of nitro benzene ring substituents is 1. The molecule has 0 aliphatic heterocycles. The molecule has 3 N–H and O–H groups in total. The summed E-state index contributed by atoms with van der Waals surface area (Å²) in [6.07, 6.45) is -1.66. The van der Waals surface area contributed by atoms with Crippen molar-refractivity contribution >= 4 is 35.1 Å². The van der Waals surface area contributed by atoms with Gasteiger partial charge in [0.15, 0.2) is 12.1 Å². The van der Waals surface area contributed by atoms with Crippen molar-refractivity contribution in [1.29, 1.82) is 0 Å². The molecule has 0 saturated carbocycles. The highest BCUT2D eigenvalue weighted by atomic mass is 16.6. The molecule has 12 nitrogen and oxygen atoms in total. The van der Waals surface area contributed by atoms with E-state index in [0.717, 1.165) is 14.2 Å². The molecule has 2 amide bonds. The number of hydrogen-bond acceptors (Lipinski definition) is 8. The van der Waals surface area contributed by atoms with E-state index in [0.29, 0.717) is 5.69 Å². The molecular weight excluding hydrogens is 426 g/mol. The number of amides is 2. The third-order valence-electron chi connectivity index (χ3n) is 4.29. The van der Waals surface area contributed by atoms with Crippen LogP contribution in [0, 0.1) is 10.1 Å². The number of non-ortho nitro benzene ring substituents is 1. The Bertz CT molecular complexity index is 1020. The van der Waals surface area contributed by atoms with E-state index < -0.39 is 40.8 Å². The summed E-state index contributed by atoms with van der Waals surface area (Å²) in [5.74, 6) is -3.75. The highest BCUT2D eigenvalue weighted by Gasteiger charge is 2.36. The van der Waals surface area contributed by atoms with Gasteiger partial charge in [-0.2, -0.15) is 0 Å². The molecule has 12 heteroatoms. The number of aliphatic carboxylic acids is 1. The summed E-state index contributed by atoms with van der Waals surface area (Å²) in [6, 6.07) is 8.93. The molecular formula is C20H19N3O9. The molecule has 2 aromatic rings. The predicted octanol–water partition coefficient (Wildman–Crippen LogP) is 1.22. The molecule has 0 aliphatic carbocycles. The van der Waals surface area contributed by atoms with Crippen LogP contribution in [0.2, 0.25) is 0 Å². The van der Waals surface area contributed by atoms with Gasteiger partial charge in [-0.25, -0.2) is 9.59 Å². The van der Waals surface area contributed by atoms with Crippen LogP contribution in [0.5, 0.6) is 0 Å². The van der Waals surface area contributed by atoms with Crippen molar-refractivity contribution in [3.8, 4) is 0 Å². The quantitative estimate of drug-likeness (QED) is 0.291. The first-order valence-corrected chi connectivity index (χ1v) is 8.98. The number of hydrogen-bond donors (Lipinski definition) is 3. The molecule has 2 rings (SSSR count). The number of nitro groups is 1. The van der Waals surface area contributed by atoms with Gasteiger partial charge >= 0.3 is 11.9 Å². The van der Waals surface area contributed by atoms with E-state index in [4.69, 9.17) is 4.74 Å². The predicted molar refractivity (Wildman–Crippen MR) is 109 cm³/mol. The fourth-order valence-electron chi connectivity index (χ4n) is 2.63. The maximum atomic E-state index is 12.5. The van der Waals surface area contributed by atoms with E-state index in [1.807, 2.05) is 0 Å². The lowest BCUT2D eigenvalue weighted by molar-refractivity contribution is -0.384.